The summed E-state index contributed by atoms with van der Waals surface area (Å²) in [7, 11) is -2.76. The summed E-state index contributed by atoms with van der Waals surface area (Å²) in [5.74, 6) is 0.567. The van der Waals surface area contributed by atoms with E-state index in [1.165, 1.54) is 0 Å². The SMILES string of the molecule is O=[P+]([O-])OC(S)CCS.[Na+]. The summed E-state index contributed by atoms with van der Waals surface area (Å²) in [4.78, 5) is 9.83. The molecule has 0 aromatic heterocycles. The Kier molecular flexibility index (Phi) is 12.6. The standard InChI is InChI=1S/C3H7O3PS2.Na/c4-7(5)6-3(9)1-2-8;/h3,8-9H,1-2H2;/q;+1. The van der Waals surface area contributed by atoms with Crippen molar-refractivity contribution in [2.75, 3.05) is 5.75 Å². The molecule has 0 radical (unpaired) electrons. The summed E-state index contributed by atoms with van der Waals surface area (Å²) in [6.45, 7) is 0. The van der Waals surface area contributed by atoms with Crippen LogP contribution in [0.15, 0.2) is 0 Å². The molecule has 0 saturated heterocycles. The van der Waals surface area contributed by atoms with Gasteiger partial charge in [-0.2, -0.15) is 12.6 Å². The van der Waals surface area contributed by atoms with E-state index < -0.39 is 13.7 Å². The quantitative estimate of drug-likeness (QED) is 0.235. The van der Waals surface area contributed by atoms with Gasteiger partial charge in [0.05, 0.1) is 0 Å². The zero-order valence-corrected chi connectivity index (χ0v) is 10.2. The predicted octanol–water partition coefficient (Wildman–Crippen LogP) is -2.40. The van der Waals surface area contributed by atoms with Crippen molar-refractivity contribution in [3.8, 4) is 0 Å². The summed E-state index contributed by atoms with van der Waals surface area (Å²) in [6.07, 6.45) is 0.523. The Labute approximate surface area is 94.0 Å². The fourth-order valence-corrected chi connectivity index (χ4v) is 1.36. The topological polar surface area (TPSA) is 49.4 Å². The van der Waals surface area contributed by atoms with Crippen molar-refractivity contribution in [1.29, 1.82) is 0 Å². The third-order valence-corrected chi connectivity index (χ3v) is 1.80. The van der Waals surface area contributed by atoms with Crippen LogP contribution in [-0.2, 0) is 9.09 Å². The van der Waals surface area contributed by atoms with Gasteiger partial charge in [-0.05, 0) is 16.7 Å². The first-order valence-electron chi connectivity index (χ1n) is 2.27. The molecule has 0 aromatic carbocycles. The van der Waals surface area contributed by atoms with E-state index in [9.17, 15) is 9.46 Å². The van der Waals surface area contributed by atoms with Gasteiger partial charge in [-0.3, -0.25) is 0 Å². The van der Waals surface area contributed by atoms with Crippen LogP contribution in [0.1, 0.15) is 6.42 Å². The third kappa shape index (κ3) is 9.72. The normalized spacial score (nSPS) is 13.7. The molecule has 0 aliphatic heterocycles. The van der Waals surface area contributed by atoms with Crippen LogP contribution in [-0.4, -0.2) is 11.2 Å². The Morgan fingerprint density at radius 2 is 2.20 bits per heavy atom. The molecule has 0 rings (SSSR count). The second kappa shape index (κ2) is 8.81. The van der Waals surface area contributed by atoms with E-state index in [0.29, 0.717) is 12.2 Å². The van der Waals surface area contributed by atoms with E-state index in [4.69, 9.17) is 0 Å². The second-order valence-electron chi connectivity index (χ2n) is 1.30. The fraction of sp³-hybridized carbons (Fsp3) is 1.00. The number of rotatable bonds is 4. The first-order valence-corrected chi connectivity index (χ1v) is 4.51. The molecule has 0 amide bonds. The Hall–Kier alpha value is 1.72. The summed E-state index contributed by atoms with van der Waals surface area (Å²) < 4.78 is 14.1. The van der Waals surface area contributed by atoms with Crippen molar-refractivity contribution in [3.05, 3.63) is 0 Å². The van der Waals surface area contributed by atoms with Gasteiger partial charge in [-0.15, -0.1) is 17.2 Å². The van der Waals surface area contributed by atoms with Crippen LogP contribution in [0.2, 0.25) is 0 Å². The maximum absolute atomic E-state index is 9.83. The molecule has 0 spiro atoms. The molecule has 0 aliphatic rings. The Morgan fingerprint density at radius 3 is 2.50 bits per heavy atom. The molecule has 54 valence electrons. The van der Waals surface area contributed by atoms with Crippen LogP contribution in [0.25, 0.3) is 0 Å². The molecule has 2 unspecified atom stereocenters. The Morgan fingerprint density at radius 1 is 1.70 bits per heavy atom. The second-order valence-corrected chi connectivity index (χ2v) is 2.98. The maximum atomic E-state index is 9.83. The van der Waals surface area contributed by atoms with Gasteiger partial charge >= 0.3 is 37.8 Å². The van der Waals surface area contributed by atoms with E-state index in [0.717, 1.165) is 0 Å². The van der Waals surface area contributed by atoms with Crippen LogP contribution in [0.3, 0.4) is 0 Å². The monoisotopic (exact) mass is 209 g/mol. The molecule has 2 atom stereocenters. The summed E-state index contributed by atoms with van der Waals surface area (Å²) >= 11 is 7.65. The molecule has 3 nitrogen and oxygen atoms in total. The van der Waals surface area contributed by atoms with Gasteiger partial charge in [0.25, 0.3) is 0 Å². The van der Waals surface area contributed by atoms with Crippen molar-refractivity contribution in [1.82, 2.24) is 0 Å². The Balaban J connectivity index is 0. The minimum Gasteiger partial charge on any atom is -0.566 e. The van der Waals surface area contributed by atoms with Crippen molar-refractivity contribution >= 4 is 33.5 Å². The molecule has 0 aliphatic carbocycles. The molecule has 10 heavy (non-hydrogen) atoms. The summed E-state index contributed by atoms with van der Waals surface area (Å²) in [6, 6.07) is 0. The van der Waals surface area contributed by atoms with E-state index in [2.05, 4.69) is 29.8 Å². The van der Waals surface area contributed by atoms with Gasteiger partial charge in [0.15, 0.2) is 5.44 Å². The van der Waals surface area contributed by atoms with Gasteiger partial charge in [-0.1, -0.05) is 0 Å². The van der Waals surface area contributed by atoms with Crippen LogP contribution in [0, 0.1) is 0 Å². The summed E-state index contributed by atoms with van der Waals surface area (Å²) in [5.41, 5.74) is -0.538. The van der Waals surface area contributed by atoms with Crippen LogP contribution in [0.4, 0.5) is 0 Å². The van der Waals surface area contributed by atoms with E-state index >= 15 is 0 Å². The average Bonchev–Trinajstić information content (AvgIpc) is 1.63. The largest absolute Gasteiger partial charge is 1.00 e. The molecule has 7 heteroatoms. The van der Waals surface area contributed by atoms with E-state index in [1.54, 1.807) is 0 Å². The van der Waals surface area contributed by atoms with Gasteiger partial charge in [0.1, 0.15) is 0 Å². The number of hydrogen-bond acceptors (Lipinski definition) is 5. The number of hydrogen-bond donors (Lipinski definition) is 2. The average molecular weight is 209 g/mol. The molecular weight excluding hydrogens is 202 g/mol. The van der Waals surface area contributed by atoms with Gasteiger partial charge in [0.2, 0.25) is 0 Å². The van der Waals surface area contributed by atoms with Crippen LogP contribution < -0.4 is 34.5 Å². The first-order chi connectivity index (χ1) is 4.16. The van der Waals surface area contributed by atoms with E-state index in [1.807, 2.05) is 0 Å². The van der Waals surface area contributed by atoms with Gasteiger partial charge in [-0.25, -0.2) is 0 Å². The number of thiol groups is 2. The Bertz CT molecular complexity index is 104. The van der Waals surface area contributed by atoms with Gasteiger partial charge in [0, 0.05) is 0 Å². The van der Waals surface area contributed by atoms with Crippen molar-refractivity contribution in [2.45, 2.75) is 11.9 Å². The molecule has 0 aromatic rings. The smallest absolute Gasteiger partial charge is 0.566 e. The molecule has 0 heterocycles. The third-order valence-electron chi connectivity index (χ3n) is 0.584. The minimum absolute atomic E-state index is 0. The molecule has 0 bridgehead atoms. The zero-order valence-electron chi connectivity index (χ0n) is 5.56. The maximum Gasteiger partial charge on any atom is 1.00 e. The molecule has 0 N–H and O–H groups in total. The molecular formula is C3H7NaO3PS2+. The van der Waals surface area contributed by atoms with Crippen molar-refractivity contribution < 1.29 is 43.5 Å². The summed E-state index contributed by atoms with van der Waals surface area (Å²) in [5, 5.41) is 0. The van der Waals surface area contributed by atoms with Crippen LogP contribution >= 0.6 is 33.5 Å². The van der Waals surface area contributed by atoms with Crippen molar-refractivity contribution in [3.63, 3.8) is 0 Å². The zero-order chi connectivity index (χ0) is 7.28. The minimum atomic E-state index is -2.76. The van der Waals surface area contributed by atoms with Gasteiger partial charge < -0.3 is 4.89 Å². The predicted molar refractivity (Wildman–Crippen MR) is 39.9 cm³/mol. The van der Waals surface area contributed by atoms with Crippen molar-refractivity contribution in [2.24, 2.45) is 0 Å². The van der Waals surface area contributed by atoms with Crippen LogP contribution in [0.5, 0.6) is 0 Å². The molecule has 0 fully saturated rings. The first kappa shape index (κ1) is 14.3. The molecule has 0 saturated carbocycles. The fourth-order valence-electron chi connectivity index (χ4n) is 0.262. The van der Waals surface area contributed by atoms with E-state index in [-0.39, 0.29) is 29.6 Å².